The van der Waals surface area contributed by atoms with Crippen LogP contribution in [-0.2, 0) is 7.05 Å². The van der Waals surface area contributed by atoms with Crippen LogP contribution in [0.15, 0.2) is 24.4 Å². The molecular weight excluding hydrogens is 271 g/mol. The van der Waals surface area contributed by atoms with Crippen molar-refractivity contribution in [3.8, 4) is 5.75 Å². The molecule has 0 aliphatic heterocycles. The molecule has 7 heteroatoms. The highest BCUT2D eigenvalue weighted by Crippen LogP contribution is 2.34. The number of nitrogens with zero attached hydrogens (tertiary/aromatic N) is 2. The Kier molecular flexibility index (Phi) is 4.04. The number of methoxy groups -OCH3 is 1. The smallest absolute Gasteiger partial charge is 0.161 e. The Bertz CT molecular complexity index is 567. The molecule has 0 aliphatic carbocycles. The molecule has 1 aromatic carbocycles. The van der Waals surface area contributed by atoms with Crippen molar-refractivity contribution in [2.45, 2.75) is 6.04 Å². The molecule has 102 valence electrons. The summed E-state index contributed by atoms with van der Waals surface area (Å²) in [6.45, 7) is 0. The fraction of sp³-hybridized carbons (Fsp3) is 0.250. The van der Waals surface area contributed by atoms with E-state index in [2.05, 4.69) is 10.5 Å². The summed E-state index contributed by atoms with van der Waals surface area (Å²) in [5.74, 6) is 5.61. The molecule has 0 aliphatic rings. The van der Waals surface area contributed by atoms with Crippen LogP contribution >= 0.6 is 11.6 Å². The highest BCUT2D eigenvalue weighted by molar-refractivity contribution is 6.31. The number of aromatic nitrogens is 2. The van der Waals surface area contributed by atoms with E-state index >= 15 is 0 Å². The molecule has 1 atom stereocenters. The number of halogens is 2. The van der Waals surface area contributed by atoms with E-state index in [1.807, 2.05) is 0 Å². The number of hydrogen-bond donors (Lipinski definition) is 2. The van der Waals surface area contributed by atoms with Gasteiger partial charge in [-0.25, -0.2) is 9.82 Å². The zero-order valence-electron chi connectivity index (χ0n) is 10.5. The number of aryl methyl sites for hydroxylation is 1. The van der Waals surface area contributed by atoms with Gasteiger partial charge < -0.3 is 4.74 Å². The first kappa shape index (κ1) is 13.8. The van der Waals surface area contributed by atoms with Crippen LogP contribution < -0.4 is 16.0 Å². The van der Waals surface area contributed by atoms with Crippen LogP contribution in [-0.4, -0.2) is 16.9 Å². The lowest BCUT2D eigenvalue weighted by molar-refractivity contribution is 0.400. The van der Waals surface area contributed by atoms with Gasteiger partial charge in [-0.2, -0.15) is 5.10 Å². The summed E-state index contributed by atoms with van der Waals surface area (Å²) in [5.41, 5.74) is 3.41. The van der Waals surface area contributed by atoms with Crippen molar-refractivity contribution in [2.75, 3.05) is 7.11 Å². The Morgan fingerprint density at radius 2 is 2.26 bits per heavy atom. The van der Waals surface area contributed by atoms with Gasteiger partial charge in [0.25, 0.3) is 0 Å². The van der Waals surface area contributed by atoms with Crippen LogP contribution in [0.2, 0.25) is 5.02 Å². The first-order valence-corrected chi connectivity index (χ1v) is 5.93. The molecule has 0 bridgehead atoms. The van der Waals surface area contributed by atoms with Gasteiger partial charge in [-0.1, -0.05) is 17.7 Å². The molecule has 0 radical (unpaired) electrons. The van der Waals surface area contributed by atoms with E-state index in [0.717, 1.165) is 0 Å². The molecule has 0 amide bonds. The third-order valence-corrected chi connectivity index (χ3v) is 3.23. The lowest BCUT2D eigenvalue weighted by atomic mass is 10.0. The predicted octanol–water partition coefficient (Wildman–Crippen LogP) is 1.77. The first-order valence-electron chi connectivity index (χ1n) is 5.56. The van der Waals surface area contributed by atoms with Crippen LogP contribution in [0.3, 0.4) is 0 Å². The van der Waals surface area contributed by atoms with Gasteiger partial charge in [-0.05, 0) is 12.1 Å². The van der Waals surface area contributed by atoms with E-state index in [9.17, 15) is 4.39 Å². The predicted molar refractivity (Wildman–Crippen MR) is 70.3 cm³/mol. The standard InChI is InChI=1S/C12H14ClFN4O/c1-18-12(9(19-2)6-16-18)11(17-15)10-7(13)4-3-5-8(10)14/h3-6,11,17H,15H2,1-2H3. The Hall–Kier alpha value is -1.63. The van der Waals surface area contributed by atoms with Gasteiger partial charge in [0.15, 0.2) is 5.75 Å². The minimum absolute atomic E-state index is 0.258. The summed E-state index contributed by atoms with van der Waals surface area (Å²) in [5, 5.41) is 4.36. The van der Waals surface area contributed by atoms with Gasteiger partial charge in [-0.15, -0.1) is 0 Å². The van der Waals surface area contributed by atoms with Gasteiger partial charge in [0.1, 0.15) is 11.5 Å². The fourth-order valence-corrected chi connectivity index (χ4v) is 2.27. The van der Waals surface area contributed by atoms with Crippen LogP contribution in [0.5, 0.6) is 5.75 Å². The second kappa shape index (κ2) is 5.56. The van der Waals surface area contributed by atoms with E-state index in [4.69, 9.17) is 22.2 Å². The summed E-state index contributed by atoms with van der Waals surface area (Å²) < 4.78 is 20.8. The third-order valence-electron chi connectivity index (χ3n) is 2.90. The summed E-state index contributed by atoms with van der Waals surface area (Å²) in [7, 11) is 3.23. The first-order chi connectivity index (χ1) is 9.10. The van der Waals surface area contributed by atoms with E-state index < -0.39 is 11.9 Å². The summed E-state index contributed by atoms with van der Waals surface area (Å²) in [4.78, 5) is 0. The minimum atomic E-state index is -0.656. The Labute approximate surface area is 115 Å². The average Bonchev–Trinajstić information content (AvgIpc) is 2.75. The van der Waals surface area contributed by atoms with Crippen LogP contribution in [0.4, 0.5) is 4.39 Å². The van der Waals surface area contributed by atoms with Crippen molar-refractivity contribution < 1.29 is 9.13 Å². The molecule has 1 unspecified atom stereocenters. The van der Waals surface area contributed by atoms with Crippen LogP contribution in [0, 0.1) is 5.82 Å². The number of hydrogen-bond acceptors (Lipinski definition) is 4. The molecule has 1 aromatic heterocycles. The van der Waals surface area contributed by atoms with Gasteiger partial charge in [-0.3, -0.25) is 10.5 Å². The fourth-order valence-electron chi connectivity index (χ4n) is 2.00. The van der Waals surface area contributed by atoms with E-state index in [0.29, 0.717) is 11.4 Å². The average molecular weight is 285 g/mol. The van der Waals surface area contributed by atoms with E-state index in [1.165, 1.54) is 25.4 Å². The van der Waals surface area contributed by atoms with Crippen molar-refractivity contribution in [1.82, 2.24) is 15.2 Å². The molecule has 0 saturated carbocycles. The maximum atomic E-state index is 14.0. The SMILES string of the molecule is COc1cnn(C)c1C(NN)c1c(F)cccc1Cl. The highest BCUT2D eigenvalue weighted by atomic mass is 35.5. The number of hydrazine groups is 1. The molecule has 0 spiro atoms. The quantitative estimate of drug-likeness (QED) is 0.663. The number of nitrogens with two attached hydrogens (primary N) is 1. The molecular formula is C12H14ClFN4O. The molecule has 0 fully saturated rings. The van der Waals surface area contributed by atoms with E-state index in [-0.39, 0.29) is 10.6 Å². The summed E-state index contributed by atoms with van der Waals surface area (Å²) in [6, 6.07) is 3.81. The summed E-state index contributed by atoms with van der Waals surface area (Å²) in [6.07, 6.45) is 1.54. The van der Waals surface area contributed by atoms with Gasteiger partial charge >= 0.3 is 0 Å². The molecule has 1 heterocycles. The number of nitrogens with one attached hydrogen (secondary N) is 1. The van der Waals surface area contributed by atoms with Crippen LogP contribution in [0.25, 0.3) is 0 Å². The Morgan fingerprint density at radius 1 is 1.53 bits per heavy atom. The zero-order chi connectivity index (χ0) is 14.0. The lowest BCUT2D eigenvalue weighted by Crippen LogP contribution is -2.31. The Morgan fingerprint density at radius 3 is 2.84 bits per heavy atom. The van der Waals surface area contributed by atoms with Crippen molar-refractivity contribution in [3.63, 3.8) is 0 Å². The zero-order valence-corrected chi connectivity index (χ0v) is 11.3. The number of benzene rings is 1. The molecule has 3 N–H and O–H groups in total. The lowest BCUT2D eigenvalue weighted by Gasteiger charge is -2.19. The minimum Gasteiger partial charge on any atom is -0.493 e. The maximum absolute atomic E-state index is 14.0. The van der Waals surface area contributed by atoms with E-state index in [1.54, 1.807) is 17.8 Å². The topological polar surface area (TPSA) is 65.1 Å². The highest BCUT2D eigenvalue weighted by Gasteiger charge is 2.26. The summed E-state index contributed by atoms with van der Waals surface area (Å²) >= 11 is 6.06. The van der Waals surface area contributed by atoms with Crippen molar-refractivity contribution in [2.24, 2.45) is 12.9 Å². The van der Waals surface area contributed by atoms with Gasteiger partial charge in [0.05, 0.1) is 19.3 Å². The van der Waals surface area contributed by atoms with Crippen molar-refractivity contribution >= 4 is 11.6 Å². The van der Waals surface area contributed by atoms with Crippen molar-refractivity contribution in [3.05, 3.63) is 46.5 Å². The molecule has 2 rings (SSSR count). The van der Waals surface area contributed by atoms with Crippen LogP contribution in [0.1, 0.15) is 17.3 Å². The maximum Gasteiger partial charge on any atom is 0.161 e. The second-order valence-corrected chi connectivity index (χ2v) is 4.36. The molecule has 5 nitrogen and oxygen atoms in total. The monoisotopic (exact) mass is 284 g/mol. The van der Waals surface area contributed by atoms with Gasteiger partial charge in [0.2, 0.25) is 0 Å². The molecule has 19 heavy (non-hydrogen) atoms. The Balaban J connectivity index is 2.59. The number of rotatable bonds is 4. The molecule has 0 saturated heterocycles. The molecule has 2 aromatic rings. The number of ether oxygens (including phenoxy) is 1. The largest absolute Gasteiger partial charge is 0.493 e. The second-order valence-electron chi connectivity index (χ2n) is 3.96. The third kappa shape index (κ3) is 2.42. The van der Waals surface area contributed by atoms with Crippen molar-refractivity contribution in [1.29, 1.82) is 0 Å². The normalized spacial score (nSPS) is 12.5. The van der Waals surface area contributed by atoms with Gasteiger partial charge in [0, 0.05) is 17.6 Å².